The third-order valence-corrected chi connectivity index (χ3v) is 3.80. The summed E-state index contributed by atoms with van der Waals surface area (Å²) >= 11 is 3.36. The van der Waals surface area contributed by atoms with Gasteiger partial charge in [-0.2, -0.15) is 0 Å². The molecule has 112 valence electrons. The third kappa shape index (κ3) is 5.69. The summed E-state index contributed by atoms with van der Waals surface area (Å²) in [6.07, 6.45) is 3.89. The van der Waals surface area contributed by atoms with Gasteiger partial charge in [-0.25, -0.2) is 0 Å². The Kier molecular flexibility index (Phi) is 7.34. The first-order valence-corrected chi connectivity index (χ1v) is 7.36. The molecule has 0 aliphatic heterocycles. The number of hydrogen-bond acceptors (Lipinski definition) is 3. The molecule has 0 aromatic heterocycles. The van der Waals surface area contributed by atoms with Gasteiger partial charge in [0.2, 0.25) is 0 Å². The molecule has 0 atom stereocenters. The van der Waals surface area contributed by atoms with Crippen molar-refractivity contribution in [1.82, 2.24) is 5.32 Å². The summed E-state index contributed by atoms with van der Waals surface area (Å²) < 4.78 is 6.38. The minimum atomic E-state index is -0.0690. The van der Waals surface area contributed by atoms with Crippen molar-refractivity contribution in [2.24, 2.45) is 5.73 Å². The lowest BCUT2D eigenvalue weighted by Crippen LogP contribution is -2.42. The van der Waals surface area contributed by atoms with Crippen LogP contribution in [0.3, 0.4) is 0 Å². The summed E-state index contributed by atoms with van der Waals surface area (Å²) in [5, 5.41) is 2.99. The van der Waals surface area contributed by atoms with E-state index in [2.05, 4.69) is 21.2 Å². The molecule has 6 heteroatoms. The number of rotatable bonds is 4. The Hall–Kier alpha value is -0.780. The largest absolute Gasteiger partial charge is 0.484 e. The predicted octanol–water partition coefficient (Wildman–Crippen LogP) is 2.64. The van der Waals surface area contributed by atoms with Gasteiger partial charge >= 0.3 is 0 Å². The second kappa shape index (κ2) is 8.49. The highest BCUT2D eigenvalue weighted by molar-refractivity contribution is 9.10. The van der Waals surface area contributed by atoms with Gasteiger partial charge in [0.15, 0.2) is 6.61 Å². The van der Waals surface area contributed by atoms with Crippen LogP contribution in [0.15, 0.2) is 28.7 Å². The van der Waals surface area contributed by atoms with Crippen LogP contribution in [0, 0.1) is 0 Å². The Balaban J connectivity index is 0.00000200. The molecule has 0 bridgehead atoms. The monoisotopic (exact) mass is 362 g/mol. The van der Waals surface area contributed by atoms with E-state index >= 15 is 0 Å². The molecule has 1 amide bonds. The minimum Gasteiger partial charge on any atom is -0.484 e. The molecular formula is C14H20BrClN2O2. The summed E-state index contributed by atoms with van der Waals surface area (Å²) in [5.74, 6) is 0.621. The molecule has 0 unspecified atom stereocenters. The molecule has 1 fully saturated rings. The van der Waals surface area contributed by atoms with Gasteiger partial charge in [0, 0.05) is 16.6 Å². The van der Waals surface area contributed by atoms with E-state index in [9.17, 15) is 4.79 Å². The molecular weight excluding hydrogens is 344 g/mol. The maximum atomic E-state index is 11.8. The number of ether oxygens (including phenoxy) is 1. The van der Waals surface area contributed by atoms with Gasteiger partial charge in [0.1, 0.15) is 5.75 Å². The Morgan fingerprint density at radius 3 is 2.70 bits per heavy atom. The van der Waals surface area contributed by atoms with Crippen LogP contribution in [0.2, 0.25) is 0 Å². The van der Waals surface area contributed by atoms with Crippen molar-refractivity contribution in [2.75, 3.05) is 6.61 Å². The van der Waals surface area contributed by atoms with Crippen molar-refractivity contribution in [3.63, 3.8) is 0 Å². The van der Waals surface area contributed by atoms with Crippen LogP contribution in [-0.4, -0.2) is 24.6 Å². The summed E-state index contributed by atoms with van der Waals surface area (Å²) in [7, 11) is 0. The van der Waals surface area contributed by atoms with E-state index in [0.29, 0.717) is 11.8 Å². The molecule has 1 aliphatic carbocycles. The SMILES string of the molecule is Cl.NC1CCC(NC(=O)COc2cccc(Br)c2)CC1. The molecule has 0 radical (unpaired) electrons. The number of halogens is 2. The smallest absolute Gasteiger partial charge is 0.258 e. The van der Waals surface area contributed by atoms with Crippen molar-refractivity contribution < 1.29 is 9.53 Å². The minimum absolute atomic E-state index is 0. The van der Waals surface area contributed by atoms with Crippen LogP contribution in [0.25, 0.3) is 0 Å². The highest BCUT2D eigenvalue weighted by atomic mass is 79.9. The van der Waals surface area contributed by atoms with Crippen molar-refractivity contribution in [1.29, 1.82) is 0 Å². The fourth-order valence-electron chi connectivity index (χ4n) is 2.24. The number of carbonyl (C=O) groups excluding carboxylic acids is 1. The molecule has 1 saturated carbocycles. The van der Waals surface area contributed by atoms with E-state index in [-0.39, 0.29) is 31.0 Å². The zero-order chi connectivity index (χ0) is 13.7. The van der Waals surface area contributed by atoms with Gasteiger partial charge < -0.3 is 15.8 Å². The highest BCUT2D eigenvalue weighted by Crippen LogP contribution is 2.18. The lowest BCUT2D eigenvalue weighted by atomic mass is 9.92. The number of amides is 1. The Morgan fingerprint density at radius 2 is 2.05 bits per heavy atom. The second-order valence-corrected chi connectivity index (χ2v) is 5.84. The van der Waals surface area contributed by atoms with Crippen LogP contribution < -0.4 is 15.8 Å². The van der Waals surface area contributed by atoms with Crippen LogP contribution in [-0.2, 0) is 4.79 Å². The van der Waals surface area contributed by atoms with Crippen LogP contribution in [0.4, 0.5) is 0 Å². The van der Waals surface area contributed by atoms with Crippen LogP contribution in [0.1, 0.15) is 25.7 Å². The first-order chi connectivity index (χ1) is 9.13. The van der Waals surface area contributed by atoms with Gasteiger partial charge in [-0.3, -0.25) is 4.79 Å². The first-order valence-electron chi connectivity index (χ1n) is 6.57. The van der Waals surface area contributed by atoms with Gasteiger partial charge in [-0.15, -0.1) is 12.4 Å². The molecule has 1 aromatic rings. The number of nitrogens with one attached hydrogen (secondary N) is 1. The molecule has 4 nitrogen and oxygen atoms in total. The van der Waals surface area contributed by atoms with Crippen molar-refractivity contribution in [3.8, 4) is 5.75 Å². The fraction of sp³-hybridized carbons (Fsp3) is 0.500. The van der Waals surface area contributed by atoms with E-state index in [1.165, 1.54) is 0 Å². The average Bonchev–Trinajstić information content (AvgIpc) is 2.39. The Labute approximate surface area is 134 Å². The maximum absolute atomic E-state index is 11.8. The summed E-state index contributed by atoms with van der Waals surface area (Å²) in [5.41, 5.74) is 5.83. The summed E-state index contributed by atoms with van der Waals surface area (Å²) in [6, 6.07) is 8.01. The molecule has 0 heterocycles. The van der Waals surface area contributed by atoms with E-state index < -0.39 is 0 Å². The van der Waals surface area contributed by atoms with E-state index in [0.717, 1.165) is 30.2 Å². The topological polar surface area (TPSA) is 64.3 Å². The zero-order valence-electron chi connectivity index (χ0n) is 11.2. The normalized spacial score (nSPS) is 21.7. The predicted molar refractivity (Wildman–Crippen MR) is 85.3 cm³/mol. The van der Waals surface area contributed by atoms with Gasteiger partial charge in [-0.1, -0.05) is 22.0 Å². The highest BCUT2D eigenvalue weighted by Gasteiger charge is 2.19. The average molecular weight is 364 g/mol. The van der Waals surface area contributed by atoms with E-state index in [4.69, 9.17) is 10.5 Å². The Bertz CT molecular complexity index is 437. The zero-order valence-corrected chi connectivity index (χ0v) is 13.6. The lowest BCUT2D eigenvalue weighted by molar-refractivity contribution is -0.124. The maximum Gasteiger partial charge on any atom is 0.258 e. The number of nitrogens with two attached hydrogens (primary N) is 1. The number of benzene rings is 1. The number of hydrogen-bond donors (Lipinski definition) is 2. The van der Waals surface area contributed by atoms with Crippen LogP contribution in [0.5, 0.6) is 5.75 Å². The van der Waals surface area contributed by atoms with Crippen molar-refractivity contribution in [2.45, 2.75) is 37.8 Å². The molecule has 2 rings (SSSR count). The first kappa shape index (κ1) is 17.3. The molecule has 3 N–H and O–H groups in total. The van der Waals surface area contributed by atoms with Gasteiger partial charge in [0.25, 0.3) is 5.91 Å². The van der Waals surface area contributed by atoms with Gasteiger partial charge in [-0.05, 0) is 43.9 Å². The van der Waals surface area contributed by atoms with Crippen LogP contribution >= 0.6 is 28.3 Å². The second-order valence-electron chi connectivity index (χ2n) is 4.93. The molecule has 1 aromatic carbocycles. The lowest BCUT2D eigenvalue weighted by Gasteiger charge is -2.26. The van der Waals surface area contributed by atoms with E-state index in [1.54, 1.807) is 0 Å². The fourth-order valence-corrected chi connectivity index (χ4v) is 2.62. The quantitative estimate of drug-likeness (QED) is 0.864. The Morgan fingerprint density at radius 1 is 1.35 bits per heavy atom. The van der Waals surface area contributed by atoms with Gasteiger partial charge in [0.05, 0.1) is 0 Å². The standard InChI is InChI=1S/C14H19BrN2O2.ClH/c15-10-2-1-3-13(8-10)19-9-14(18)17-12-6-4-11(16)5-7-12;/h1-3,8,11-12H,4-7,9,16H2,(H,17,18);1H. The van der Waals surface area contributed by atoms with E-state index in [1.807, 2.05) is 24.3 Å². The third-order valence-electron chi connectivity index (χ3n) is 3.30. The molecule has 0 spiro atoms. The molecule has 20 heavy (non-hydrogen) atoms. The number of carbonyl (C=O) groups is 1. The summed E-state index contributed by atoms with van der Waals surface area (Å²) in [4.78, 5) is 11.8. The summed E-state index contributed by atoms with van der Waals surface area (Å²) in [6.45, 7) is 0.0546. The molecule has 0 saturated heterocycles. The molecule has 1 aliphatic rings. The van der Waals surface area contributed by atoms with Crippen molar-refractivity contribution in [3.05, 3.63) is 28.7 Å². The van der Waals surface area contributed by atoms with Crippen molar-refractivity contribution >= 4 is 34.2 Å².